The Morgan fingerprint density at radius 3 is 2.62 bits per heavy atom. The molecule has 2 aliphatic heterocycles. The summed E-state index contributed by atoms with van der Waals surface area (Å²) in [6.45, 7) is 7.98. The summed E-state index contributed by atoms with van der Waals surface area (Å²) in [5.41, 5.74) is 2.94. The molecule has 2 atom stereocenters. The number of nitrogens with zero attached hydrogens (tertiary/aromatic N) is 3. The van der Waals surface area contributed by atoms with E-state index >= 15 is 0 Å². The molecule has 1 aromatic heterocycles. The first-order valence-electron chi connectivity index (χ1n) is 9.96. The average Bonchev–Trinajstić information content (AvgIpc) is 3.22. The minimum Gasteiger partial charge on any atom is -0.396 e. The van der Waals surface area contributed by atoms with Crippen molar-refractivity contribution in [2.75, 3.05) is 38.5 Å². The predicted molar refractivity (Wildman–Crippen MR) is 114 cm³/mol. The van der Waals surface area contributed by atoms with Crippen LogP contribution in [-0.4, -0.2) is 70.2 Å². The number of aliphatic hydroxyl groups is 1. The van der Waals surface area contributed by atoms with Crippen LogP contribution < -0.4 is 0 Å². The van der Waals surface area contributed by atoms with Gasteiger partial charge in [-0.25, -0.2) is 4.98 Å². The van der Waals surface area contributed by atoms with Crippen molar-refractivity contribution in [1.29, 1.82) is 0 Å². The van der Waals surface area contributed by atoms with Crippen LogP contribution in [0, 0.1) is 25.2 Å². The van der Waals surface area contributed by atoms with E-state index in [1.54, 1.807) is 11.8 Å². The van der Waals surface area contributed by atoms with Gasteiger partial charge in [0.05, 0.1) is 22.9 Å². The second kappa shape index (κ2) is 7.61. The van der Waals surface area contributed by atoms with Crippen LogP contribution in [0.1, 0.15) is 18.1 Å². The van der Waals surface area contributed by atoms with E-state index in [0.717, 1.165) is 21.5 Å². The standard InChI is InChI=1S/C22H27N3O3S/c1-14-4-5-19-18(6-14)15(2)7-20(23-19)29-10-21(28)25-9-17-8-24(16(3)27)11-22(17,12-25)13-26/h4-7,17,26H,8-13H2,1-3H3/t17-,22+/m1/s1. The van der Waals surface area contributed by atoms with Gasteiger partial charge in [-0.1, -0.05) is 23.4 Å². The molecule has 4 rings (SSSR count). The van der Waals surface area contributed by atoms with Crippen molar-refractivity contribution < 1.29 is 14.7 Å². The number of pyridine rings is 1. The van der Waals surface area contributed by atoms with Crippen LogP contribution in [0.5, 0.6) is 0 Å². The van der Waals surface area contributed by atoms with Gasteiger partial charge in [0.2, 0.25) is 11.8 Å². The number of likely N-dealkylation sites (tertiary alicyclic amines) is 2. The lowest BCUT2D eigenvalue weighted by atomic mass is 9.82. The highest BCUT2D eigenvalue weighted by Crippen LogP contribution is 2.42. The number of thioether (sulfide) groups is 1. The molecule has 2 aliphatic rings. The van der Waals surface area contributed by atoms with Gasteiger partial charge in [-0.3, -0.25) is 9.59 Å². The zero-order chi connectivity index (χ0) is 20.8. The number of carbonyl (C=O) groups excluding carboxylic acids is 2. The highest BCUT2D eigenvalue weighted by molar-refractivity contribution is 7.99. The molecule has 1 N–H and O–H groups in total. The first-order chi connectivity index (χ1) is 13.8. The van der Waals surface area contributed by atoms with E-state index in [1.807, 2.05) is 17.0 Å². The molecule has 0 aliphatic carbocycles. The van der Waals surface area contributed by atoms with Crippen LogP contribution in [0.2, 0.25) is 0 Å². The Hall–Kier alpha value is -2.12. The molecule has 29 heavy (non-hydrogen) atoms. The number of hydrogen-bond acceptors (Lipinski definition) is 5. The quantitative estimate of drug-likeness (QED) is 0.779. The van der Waals surface area contributed by atoms with Crippen molar-refractivity contribution in [3.05, 3.63) is 35.4 Å². The van der Waals surface area contributed by atoms with Crippen molar-refractivity contribution in [1.82, 2.24) is 14.8 Å². The topological polar surface area (TPSA) is 73.7 Å². The zero-order valence-electron chi connectivity index (χ0n) is 17.1. The van der Waals surface area contributed by atoms with E-state index in [1.165, 1.54) is 17.3 Å². The number of hydrogen-bond donors (Lipinski definition) is 1. The van der Waals surface area contributed by atoms with Gasteiger partial charge < -0.3 is 14.9 Å². The summed E-state index contributed by atoms with van der Waals surface area (Å²) in [4.78, 5) is 32.9. The van der Waals surface area contributed by atoms with Crippen LogP contribution in [0.3, 0.4) is 0 Å². The fourth-order valence-corrected chi connectivity index (χ4v) is 5.49. The van der Waals surface area contributed by atoms with E-state index in [9.17, 15) is 14.7 Å². The van der Waals surface area contributed by atoms with E-state index in [2.05, 4.69) is 26.0 Å². The average molecular weight is 414 g/mol. The molecule has 2 amide bonds. The number of benzene rings is 1. The molecule has 154 valence electrons. The smallest absolute Gasteiger partial charge is 0.233 e. The molecule has 0 saturated carbocycles. The lowest BCUT2D eigenvalue weighted by Crippen LogP contribution is -2.40. The molecule has 1 aromatic carbocycles. The maximum absolute atomic E-state index is 12.8. The Morgan fingerprint density at radius 2 is 1.93 bits per heavy atom. The summed E-state index contributed by atoms with van der Waals surface area (Å²) in [7, 11) is 0. The van der Waals surface area contributed by atoms with Gasteiger partial charge in [-0.15, -0.1) is 0 Å². The molecule has 0 bridgehead atoms. The van der Waals surface area contributed by atoms with Gasteiger partial charge in [0.15, 0.2) is 0 Å². The molecule has 0 spiro atoms. The largest absolute Gasteiger partial charge is 0.396 e. The summed E-state index contributed by atoms with van der Waals surface area (Å²) in [6.07, 6.45) is 0. The number of aryl methyl sites for hydroxylation is 2. The molecule has 7 heteroatoms. The number of amides is 2. The van der Waals surface area contributed by atoms with Crippen molar-refractivity contribution >= 4 is 34.5 Å². The monoisotopic (exact) mass is 413 g/mol. The maximum atomic E-state index is 12.8. The number of aliphatic hydroxyl groups excluding tert-OH is 1. The van der Waals surface area contributed by atoms with Crippen molar-refractivity contribution in [2.24, 2.45) is 11.3 Å². The Labute approximate surface area is 175 Å². The normalized spacial score (nSPS) is 23.7. The lowest BCUT2D eigenvalue weighted by molar-refractivity contribution is -0.129. The number of carbonyl (C=O) groups is 2. The van der Waals surface area contributed by atoms with E-state index < -0.39 is 0 Å². The third-order valence-corrected chi connectivity index (χ3v) is 7.26. The second-order valence-corrected chi connectivity index (χ2v) is 9.47. The Kier molecular flexibility index (Phi) is 5.29. The minimum absolute atomic E-state index is 0.00319. The van der Waals surface area contributed by atoms with Gasteiger partial charge >= 0.3 is 0 Å². The third kappa shape index (κ3) is 3.73. The highest BCUT2D eigenvalue weighted by Gasteiger charge is 2.53. The first-order valence-corrected chi connectivity index (χ1v) is 10.9. The third-order valence-electron chi connectivity index (χ3n) is 6.36. The Bertz CT molecular complexity index is 979. The Balaban J connectivity index is 1.42. The van der Waals surface area contributed by atoms with E-state index in [0.29, 0.717) is 31.9 Å². The molecule has 0 unspecified atom stereocenters. The minimum atomic E-state index is -0.373. The summed E-state index contributed by atoms with van der Waals surface area (Å²) < 4.78 is 0. The predicted octanol–water partition coefficient (Wildman–Crippen LogP) is 2.24. The van der Waals surface area contributed by atoms with Crippen LogP contribution in [0.25, 0.3) is 10.9 Å². The van der Waals surface area contributed by atoms with Crippen molar-refractivity contribution in [3.63, 3.8) is 0 Å². The van der Waals surface area contributed by atoms with Crippen LogP contribution in [-0.2, 0) is 9.59 Å². The number of aromatic nitrogens is 1. The number of rotatable bonds is 4. The number of fused-ring (bicyclic) bond motifs is 2. The maximum Gasteiger partial charge on any atom is 0.233 e. The SMILES string of the molecule is CC(=O)N1C[C@@H]2CN(C(=O)CSc3cc(C)c4cc(C)ccc4n3)C[C@]2(CO)C1. The fourth-order valence-electron chi connectivity index (χ4n) is 4.61. The van der Waals surface area contributed by atoms with E-state index in [-0.39, 0.29) is 29.8 Å². The molecule has 2 aromatic rings. The molecule has 2 fully saturated rings. The summed E-state index contributed by atoms with van der Waals surface area (Å²) >= 11 is 1.46. The van der Waals surface area contributed by atoms with Gasteiger partial charge in [0.25, 0.3) is 0 Å². The van der Waals surface area contributed by atoms with Gasteiger partial charge in [-0.2, -0.15) is 0 Å². The van der Waals surface area contributed by atoms with Crippen molar-refractivity contribution in [2.45, 2.75) is 25.8 Å². The van der Waals surface area contributed by atoms with Gasteiger partial charge in [-0.05, 0) is 37.6 Å². The highest BCUT2D eigenvalue weighted by atomic mass is 32.2. The first kappa shape index (κ1) is 20.2. The van der Waals surface area contributed by atoms with Crippen LogP contribution in [0.15, 0.2) is 29.3 Å². The van der Waals surface area contributed by atoms with Gasteiger partial charge in [0.1, 0.15) is 0 Å². The molecular formula is C22H27N3O3S. The molecule has 6 nitrogen and oxygen atoms in total. The molecular weight excluding hydrogens is 386 g/mol. The van der Waals surface area contributed by atoms with Gasteiger partial charge in [0, 0.05) is 49.8 Å². The van der Waals surface area contributed by atoms with E-state index in [4.69, 9.17) is 4.98 Å². The lowest BCUT2D eigenvalue weighted by Gasteiger charge is -2.26. The molecule has 3 heterocycles. The van der Waals surface area contributed by atoms with Crippen LogP contribution >= 0.6 is 11.8 Å². The molecule has 2 saturated heterocycles. The van der Waals surface area contributed by atoms with Crippen LogP contribution in [0.4, 0.5) is 0 Å². The summed E-state index contributed by atoms with van der Waals surface area (Å²) in [5, 5.41) is 12.0. The summed E-state index contributed by atoms with van der Waals surface area (Å²) in [5.74, 6) is 0.576. The van der Waals surface area contributed by atoms with Crippen molar-refractivity contribution in [3.8, 4) is 0 Å². The second-order valence-electron chi connectivity index (χ2n) is 8.48. The molecule has 0 radical (unpaired) electrons. The fraction of sp³-hybridized carbons (Fsp3) is 0.500. The Morgan fingerprint density at radius 1 is 1.21 bits per heavy atom. The summed E-state index contributed by atoms with van der Waals surface area (Å²) in [6, 6.07) is 8.25. The zero-order valence-corrected chi connectivity index (χ0v) is 18.0.